The maximum atomic E-state index is 3.93. The monoisotopic (exact) mass is 161 g/mol. The third-order valence-electron chi connectivity index (χ3n) is 2.02. The van der Waals surface area contributed by atoms with Gasteiger partial charge in [-0.15, -0.1) is 0 Å². The Morgan fingerprint density at radius 3 is 2.58 bits per heavy atom. The van der Waals surface area contributed by atoms with Gasteiger partial charge in [0.15, 0.2) is 0 Å². The molecule has 1 N–H and O–H groups in total. The molecule has 64 valence electrons. The van der Waals surface area contributed by atoms with Crippen LogP contribution < -0.4 is 5.32 Å². The van der Waals surface area contributed by atoms with Gasteiger partial charge in [0.05, 0.1) is 0 Å². The molecule has 0 amide bonds. The van der Waals surface area contributed by atoms with Gasteiger partial charge in [-0.25, -0.2) is 0 Å². The number of rotatable bonds is 2. The molecule has 1 nitrogen and oxygen atoms in total. The van der Waals surface area contributed by atoms with Gasteiger partial charge in [0.25, 0.3) is 0 Å². The first kappa shape index (κ1) is 8.85. The van der Waals surface area contributed by atoms with Crippen LogP contribution in [0.3, 0.4) is 0 Å². The van der Waals surface area contributed by atoms with Crippen LogP contribution in [-0.4, -0.2) is 7.05 Å². The molecule has 0 aliphatic heterocycles. The Hall–Kier alpha value is -1.24. The predicted molar refractivity (Wildman–Crippen MR) is 54.0 cm³/mol. The maximum Gasteiger partial charge on any atom is 0.0340 e. The zero-order chi connectivity index (χ0) is 9.14. The minimum absolute atomic E-state index is 0.983. The molecule has 1 heteroatoms. The highest BCUT2D eigenvalue weighted by molar-refractivity contribution is 5.64. The normalized spacial score (nSPS) is 9.58. The Morgan fingerprint density at radius 1 is 1.33 bits per heavy atom. The summed E-state index contributed by atoms with van der Waals surface area (Å²) in [5.41, 5.74) is 4.72. The third-order valence-corrected chi connectivity index (χ3v) is 2.02. The Morgan fingerprint density at radius 2 is 2.00 bits per heavy atom. The summed E-state index contributed by atoms with van der Waals surface area (Å²) in [4.78, 5) is 0. The summed E-state index contributed by atoms with van der Waals surface area (Å²) in [5, 5.41) is 3.05. The second kappa shape index (κ2) is 3.44. The molecule has 1 aromatic rings. The molecule has 0 saturated heterocycles. The van der Waals surface area contributed by atoms with Crippen molar-refractivity contribution in [2.45, 2.75) is 13.8 Å². The highest BCUT2D eigenvalue weighted by Gasteiger charge is 2.00. The lowest BCUT2D eigenvalue weighted by molar-refractivity contribution is 1.12. The van der Waals surface area contributed by atoms with E-state index in [4.69, 9.17) is 0 Å². The Labute approximate surface area is 74.1 Å². The summed E-state index contributed by atoms with van der Waals surface area (Å²) in [6, 6.07) is 6.38. The van der Waals surface area contributed by atoms with Crippen molar-refractivity contribution < 1.29 is 0 Å². The van der Waals surface area contributed by atoms with Crippen LogP contribution in [0.25, 0.3) is 5.70 Å². The van der Waals surface area contributed by atoms with Crippen LogP contribution in [0, 0.1) is 13.8 Å². The van der Waals surface area contributed by atoms with Crippen molar-refractivity contribution in [3.63, 3.8) is 0 Å². The minimum Gasteiger partial charge on any atom is -0.388 e. The van der Waals surface area contributed by atoms with E-state index in [2.05, 4.69) is 43.9 Å². The lowest BCUT2D eigenvalue weighted by Crippen LogP contribution is -2.04. The van der Waals surface area contributed by atoms with E-state index in [9.17, 15) is 0 Å². The van der Waals surface area contributed by atoms with E-state index in [1.807, 2.05) is 7.05 Å². The van der Waals surface area contributed by atoms with Crippen molar-refractivity contribution >= 4 is 5.70 Å². The number of nitrogens with one attached hydrogen (secondary N) is 1. The van der Waals surface area contributed by atoms with Crippen LogP contribution in [0.15, 0.2) is 24.8 Å². The van der Waals surface area contributed by atoms with Gasteiger partial charge >= 0.3 is 0 Å². The van der Waals surface area contributed by atoms with Gasteiger partial charge in [0, 0.05) is 18.3 Å². The average Bonchev–Trinajstić information content (AvgIpc) is 2.08. The molecule has 0 fully saturated rings. The molecule has 1 rings (SSSR count). The molecule has 0 heterocycles. The van der Waals surface area contributed by atoms with E-state index in [0.717, 1.165) is 5.70 Å². The second-order valence-electron chi connectivity index (χ2n) is 3.05. The fourth-order valence-electron chi connectivity index (χ4n) is 1.20. The summed E-state index contributed by atoms with van der Waals surface area (Å²) in [5.74, 6) is 0. The fourth-order valence-corrected chi connectivity index (χ4v) is 1.20. The molecule has 0 aromatic heterocycles. The summed E-state index contributed by atoms with van der Waals surface area (Å²) >= 11 is 0. The molecular formula is C11H15N. The van der Waals surface area contributed by atoms with Crippen LogP contribution in [0.4, 0.5) is 0 Å². The molecule has 0 aliphatic carbocycles. The Balaban J connectivity index is 3.13. The van der Waals surface area contributed by atoms with Crippen LogP contribution in [0.1, 0.15) is 16.7 Å². The van der Waals surface area contributed by atoms with Gasteiger partial charge in [0.1, 0.15) is 0 Å². The summed E-state index contributed by atoms with van der Waals surface area (Å²) in [6.45, 7) is 8.12. The highest BCUT2D eigenvalue weighted by atomic mass is 14.8. The topological polar surface area (TPSA) is 12.0 Å². The summed E-state index contributed by atoms with van der Waals surface area (Å²) < 4.78 is 0. The molecule has 0 unspecified atom stereocenters. The number of hydrogen-bond acceptors (Lipinski definition) is 1. The Kier molecular flexibility index (Phi) is 2.54. The maximum absolute atomic E-state index is 3.93. The van der Waals surface area contributed by atoms with Crippen LogP contribution in [0.5, 0.6) is 0 Å². The molecule has 1 aromatic carbocycles. The van der Waals surface area contributed by atoms with Crippen molar-refractivity contribution in [3.05, 3.63) is 41.5 Å². The van der Waals surface area contributed by atoms with Gasteiger partial charge < -0.3 is 5.32 Å². The van der Waals surface area contributed by atoms with E-state index in [0.29, 0.717) is 0 Å². The molecule has 12 heavy (non-hydrogen) atoms. The highest BCUT2D eigenvalue weighted by Crippen LogP contribution is 2.16. The quantitative estimate of drug-likeness (QED) is 0.702. The first-order chi connectivity index (χ1) is 5.65. The van der Waals surface area contributed by atoms with Gasteiger partial charge in [-0.05, 0) is 25.5 Å². The smallest absolute Gasteiger partial charge is 0.0340 e. The second-order valence-corrected chi connectivity index (χ2v) is 3.05. The van der Waals surface area contributed by atoms with Crippen molar-refractivity contribution in [3.8, 4) is 0 Å². The zero-order valence-electron chi connectivity index (χ0n) is 7.94. The van der Waals surface area contributed by atoms with Crippen LogP contribution in [-0.2, 0) is 0 Å². The molecule has 0 radical (unpaired) electrons. The lowest BCUT2D eigenvalue weighted by Gasteiger charge is -2.09. The number of hydrogen-bond donors (Lipinski definition) is 1. The van der Waals surface area contributed by atoms with E-state index in [-0.39, 0.29) is 0 Å². The van der Waals surface area contributed by atoms with Crippen LogP contribution in [0.2, 0.25) is 0 Å². The van der Waals surface area contributed by atoms with Gasteiger partial charge in [-0.2, -0.15) is 0 Å². The molecule has 0 aliphatic rings. The molecule has 0 saturated carbocycles. The largest absolute Gasteiger partial charge is 0.388 e. The van der Waals surface area contributed by atoms with Gasteiger partial charge in [0.2, 0.25) is 0 Å². The number of benzene rings is 1. The van der Waals surface area contributed by atoms with Gasteiger partial charge in [-0.3, -0.25) is 0 Å². The average molecular weight is 161 g/mol. The minimum atomic E-state index is 0.983. The number of aryl methyl sites for hydroxylation is 2. The molecular weight excluding hydrogens is 146 g/mol. The van der Waals surface area contributed by atoms with Gasteiger partial charge in [-0.1, -0.05) is 24.3 Å². The predicted octanol–water partition coefficient (Wildman–Crippen LogP) is 2.49. The third kappa shape index (κ3) is 1.67. The van der Waals surface area contributed by atoms with Crippen LogP contribution >= 0.6 is 0 Å². The molecule has 0 spiro atoms. The zero-order valence-corrected chi connectivity index (χ0v) is 7.94. The van der Waals surface area contributed by atoms with E-state index in [1.165, 1.54) is 16.7 Å². The molecule has 0 bridgehead atoms. The van der Waals surface area contributed by atoms with E-state index < -0.39 is 0 Å². The lowest BCUT2D eigenvalue weighted by atomic mass is 10.0. The first-order valence-corrected chi connectivity index (χ1v) is 4.09. The van der Waals surface area contributed by atoms with E-state index >= 15 is 0 Å². The van der Waals surface area contributed by atoms with E-state index in [1.54, 1.807) is 0 Å². The van der Waals surface area contributed by atoms with Crippen molar-refractivity contribution in [1.29, 1.82) is 0 Å². The first-order valence-electron chi connectivity index (χ1n) is 4.09. The Bertz CT molecular complexity index is 300. The van der Waals surface area contributed by atoms with Crippen molar-refractivity contribution in [2.75, 3.05) is 7.05 Å². The van der Waals surface area contributed by atoms with Crippen molar-refractivity contribution in [2.24, 2.45) is 0 Å². The van der Waals surface area contributed by atoms with Crippen molar-refractivity contribution in [1.82, 2.24) is 5.32 Å². The summed E-state index contributed by atoms with van der Waals surface area (Å²) in [7, 11) is 1.89. The fraction of sp³-hybridized carbons (Fsp3) is 0.273. The SMILES string of the molecule is C=C(NC)c1cc(C)ccc1C. The summed E-state index contributed by atoms with van der Waals surface area (Å²) in [6.07, 6.45) is 0. The molecule has 0 atom stereocenters. The standard InChI is InChI=1S/C11H15N/c1-8-5-6-9(2)11(7-8)10(3)12-4/h5-7,12H,3H2,1-2,4H3.